The monoisotopic (exact) mass is 606 g/mol. The molecule has 5 rings (SSSR count). The van der Waals surface area contributed by atoms with Gasteiger partial charge in [0.05, 0.1) is 5.69 Å². The molecule has 0 aliphatic carbocycles. The van der Waals surface area contributed by atoms with Crippen molar-refractivity contribution in [2.24, 2.45) is 0 Å². The van der Waals surface area contributed by atoms with Crippen molar-refractivity contribution < 1.29 is 23.9 Å². The van der Waals surface area contributed by atoms with Crippen LogP contribution in [-0.4, -0.2) is 17.8 Å². The summed E-state index contributed by atoms with van der Waals surface area (Å²) in [4.78, 5) is 39.7. The third-order valence-electron chi connectivity index (χ3n) is 6.11. The number of urea groups is 1. The van der Waals surface area contributed by atoms with Gasteiger partial charge in [-0.3, -0.25) is 14.9 Å². The lowest BCUT2D eigenvalue weighted by molar-refractivity contribution is -0.122. The number of halogens is 3. The summed E-state index contributed by atoms with van der Waals surface area (Å²) in [5.74, 6) is -0.730. The van der Waals surface area contributed by atoms with Crippen molar-refractivity contribution in [1.29, 1.82) is 0 Å². The Morgan fingerprint density at radius 2 is 1.46 bits per heavy atom. The van der Waals surface area contributed by atoms with Crippen molar-refractivity contribution in [2.45, 2.75) is 13.2 Å². The minimum atomic E-state index is -0.870. The van der Waals surface area contributed by atoms with Gasteiger partial charge in [0.2, 0.25) is 0 Å². The van der Waals surface area contributed by atoms with Crippen LogP contribution in [0.2, 0.25) is 15.1 Å². The minimum Gasteiger partial charge on any atom is -0.489 e. The first-order chi connectivity index (χ1) is 19.8. The maximum Gasteiger partial charge on any atom is 0.335 e. The number of ether oxygens (including phenoxy) is 2. The normalized spacial score (nSPS) is 14.3. The Kier molecular flexibility index (Phi) is 8.59. The van der Waals surface area contributed by atoms with Gasteiger partial charge in [0.1, 0.15) is 30.3 Å². The molecule has 1 heterocycles. The number of nitrogens with zero attached hydrogens (tertiary/aromatic N) is 1. The van der Waals surface area contributed by atoms with Crippen molar-refractivity contribution in [3.63, 3.8) is 0 Å². The summed E-state index contributed by atoms with van der Waals surface area (Å²) in [5, 5.41) is 3.60. The average Bonchev–Trinajstić information content (AvgIpc) is 2.95. The molecule has 41 heavy (non-hydrogen) atoms. The minimum absolute atomic E-state index is 0.189. The molecule has 206 valence electrons. The molecule has 0 atom stereocenters. The Hall–Kier alpha value is -4.30. The van der Waals surface area contributed by atoms with Crippen LogP contribution >= 0.6 is 34.8 Å². The zero-order valence-corrected chi connectivity index (χ0v) is 23.5. The largest absolute Gasteiger partial charge is 0.489 e. The molecule has 4 aromatic rings. The highest BCUT2D eigenvalue weighted by molar-refractivity contribution is 6.39. The van der Waals surface area contributed by atoms with Gasteiger partial charge in [0.25, 0.3) is 11.8 Å². The molecule has 0 bridgehead atoms. The SMILES string of the molecule is O=C1NC(=O)N(c2ccc(OCc3ccc(Cl)cc3Cl)cc2)C(=O)/C1=C/c1cc(Cl)ccc1OCc1ccccc1. The van der Waals surface area contributed by atoms with Crippen molar-refractivity contribution >= 4 is 64.4 Å². The Bertz CT molecular complexity index is 1660. The topological polar surface area (TPSA) is 84.9 Å². The molecule has 10 heteroatoms. The van der Waals surface area contributed by atoms with Gasteiger partial charge < -0.3 is 9.47 Å². The first-order valence-corrected chi connectivity index (χ1v) is 13.5. The van der Waals surface area contributed by atoms with E-state index < -0.39 is 17.8 Å². The molecule has 0 radical (unpaired) electrons. The maximum atomic E-state index is 13.4. The van der Waals surface area contributed by atoms with Gasteiger partial charge in [0, 0.05) is 26.2 Å². The number of hydrogen-bond acceptors (Lipinski definition) is 5. The van der Waals surface area contributed by atoms with E-state index in [0.717, 1.165) is 16.0 Å². The van der Waals surface area contributed by atoms with E-state index in [0.29, 0.717) is 32.1 Å². The Labute approximate surface area is 250 Å². The molecule has 1 aliphatic heterocycles. The van der Waals surface area contributed by atoms with Crippen LogP contribution in [0.15, 0.2) is 96.6 Å². The van der Waals surface area contributed by atoms with Gasteiger partial charge in [0.15, 0.2) is 0 Å². The van der Waals surface area contributed by atoms with E-state index in [1.165, 1.54) is 18.2 Å². The highest BCUT2D eigenvalue weighted by atomic mass is 35.5. The highest BCUT2D eigenvalue weighted by Gasteiger charge is 2.37. The molecule has 1 N–H and O–H groups in total. The molecule has 4 amide bonds. The summed E-state index contributed by atoms with van der Waals surface area (Å²) >= 11 is 18.3. The van der Waals surface area contributed by atoms with Crippen LogP contribution in [0, 0.1) is 0 Å². The molecule has 0 saturated carbocycles. The second kappa shape index (κ2) is 12.5. The molecular formula is C31H21Cl3N2O5. The van der Waals surface area contributed by atoms with Crippen LogP contribution < -0.4 is 19.7 Å². The number of rotatable bonds is 8. The molecule has 1 saturated heterocycles. The number of hydrogen-bond donors (Lipinski definition) is 1. The first kappa shape index (κ1) is 28.2. The third-order valence-corrected chi connectivity index (χ3v) is 6.94. The number of carbonyl (C=O) groups excluding carboxylic acids is 3. The first-order valence-electron chi connectivity index (χ1n) is 12.3. The fourth-order valence-electron chi connectivity index (χ4n) is 4.04. The van der Waals surface area contributed by atoms with Crippen molar-refractivity contribution in [3.8, 4) is 11.5 Å². The second-order valence-electron chi connectivity index (χ2n) is 8.93. The molecule has 1 fully saturated rings. The van der Waals surface area contributed by atoms with E-state index >= 15 is 0 Å². The van der Waals surface area contributed by atoms with E-state index in [2.05, 4.69) is 5.32 Å². The number of nitrogens with one attached hydrogen (secondary N) is 1. The van der Waals surface area contributed by atoms with Crippen LogP contribution in [0.25, 0.3) is 6.08 Å². The van der Waals surface area contributed by atoms with E-state index in [1.807, 2.05) is 30.3 Å². The van der Waals surface area contributed by atoms with Crippen LogP contribution in [0.3, 0.4) is 0 Å². The molecule has 7 nitrogen and oxygen atoms in total. The predicted molar refractivity (Wildman–Crippen MR) is 158 cm³/mol. The zero-order chi connectivity index (χ0) is 28.9. The predicted octanol–water partition coefficient (Wildman–Crippen LogP) is 7.47. The number of benzene rings is 4. The van der Waals surface area contributed by atoms with Gasteiger partial charge in [-0.05, 0) is 66.2 Å². The molecule has 0 spiro atoms. The van der Waals surface area contributed by atoms with Crippen LogP contribution in [0.5, 0.6) is 11.5 Å². The third kappa shape index (κ3) is 6.72. The zero-order valence-electron chi connectivity index (χ0n) is 21.3. The lowest BCUT2D eigenvalue weighted by Crippen LogP contribution is -2.54. The summed E-state index contributed by atoms with van der Waals surface area (Å²) in [7, 11) is 0. The molecule has 4 aromatic carbocycles. The highest BCUT2D eigenvalue weighted by Crippen LogP contribution is 2.30. The van der Waals surface area contributed by atoms with E-state index in [-0.39, 0.29) is 24.5 Å². The smallest absolute Gasteiger partial charge is 0.335 e. The quantitative estimate of drug-likeness (QED) is 0.166. The lowest BCUT2D eigenvalue weighted by Gasteiger charge is -2.26. The molecule has 0 aromatic heterocycles. The van der Waals surface area contributed by atoms with Crippen LogP contribution in [-0.2, 0) is 22.8 Å². The summed E-state index contributed by atoms with van der Waals surface area (Å²) in [5.41, 5.74) is 2.08. The van der Waals surface area contributed by atoms with E-state index in [9.17, 15) is 14.4 Å². The van der Waals surface area contributed by atoms with Gasteiger partial charge in [-0.2, -0.15) is 0 Å². The number of carbonyl (C=O) groups is 3. The fraction of sp³-hybridized carbons (Fsp3) is 0.0645. The fourth-order valence-corrected chi connectivity index (χ4v) is 4.68. The average molecular weight is 608 g/mol. The Morgan fingerprint density at radius 1 is 0.756 bits per heavy atom. The molecule has 1 aliphatic rings. The van der Waals surface area contributed by atoms with Crippen molar-refractivity contribution in [1.82, 2.24) is 5.32 Å². The molecular weight excluding hydrogens is 587 g/mol. The number of amides is 4. The van der Waals surface area contributed by atoms with Crippen LogP contribution in [0.1, 0.15) is 16.7 Å². The number of barbiturate groups is 1. The Balaban J connectivity index is 1.35. The number of anilines is 1. The standard InChI is InChI=1S/C31H21Cl3N2O5/c32-22-8-13-28(41-17-19-4-2-1-3-5-19)21(14-22)15-26-29(37)35-31(39)36(30(26)38)24-9-11-25(12-10-24)40-18-20-6-7-23(33)16-27(20)34/h1-16H,17-18H2,(H,35,37,39)/b26-15+. The van der Waals surface area contributed by atoms with Crippen molar-refractivity contribution in [2.75, 3.05) is 4.90 Å². The van der Waals surface area contributed by atoms with Gasteiger partial charge in [-0.25, -0.2) is 9.69 Å². The summed E-state index contributed by atoms with van der Waals surface area (Å²) < 4.78 is 11.7. The number of imide groups is 2. The van der Waals surface area contributed by atoms with E-state index in [4.69, 9.17) is 44.3 Å². The van der Waals surface area contributed by atoms with Crippen LogP contribution in [0.4, 0.5) is 10.5 Å². The maximum absolute atomic E-state index is 13.4. The van der Waals surface area contributed by atoms with Gasteiger partial charge in [-0.1, -0.05) is 71.2 Å². The van der Waals surface area contributed by atoms with Gasteiger partial charge >= 0.3 is 6.03 Å². The summed E-state index contributed by atoms with van der Waals surface area (Å²) in [6, 6.07) is 24.9. The summed E-state index contributed by atoms with van der Waals surface area (Å²) in [6.45, 7) is 0.455. The van der Waals surface area contributed by atoms with E-state index in [1.54, 1.807) is 48.5 Å². The van der Waals surface area contributed by atoms with Gasteiger partial charge in [-0.15, -0.1) is 0 Å². The van der Waals surface area contributed by atoms with Crippen molar-refractivity contribution in [3.05, 3.63) is 128 Å². The molecule has 0 unspecified atom stereocenters. The second-order valence-corrected chi connectivity index (χ2v) is 10.2. The lowest BCUT2D eigenvalue weighted by atomic mass is 10.1. The summed E-state index contributed by atoms with van der Waals surface area (Å²) in [6.07, 6.45) is 1.36. The Morgan fingerprint density at radius 3 is 2.20 bits per heavy atom.